The van der Waals surface area contributed by atoms with E-state index in [0.29, 0.717) is 39.8 Å². The second-order valence-electron chi connectivity index (χ2n) is 7.47. The predicted octanol–water partition coefficient (Wildman–Crippen LogP) is 5.90. The summed E-state index contributed by atoms with van der Waals surface area (Å²) in [5.74, 6) is 0.159. The molecule has 35 heavy (non-hydrogen) atoms. The maximum atomic E-state index is 12.4. The molecule has 0 aliphatic rings. The van der Waals surface area contributed by atoms with Gasteiger partial charge in [0.2, 0.25) is 0 Å². The molecule has 0 bridgehead atoms. The number of carbonyl (C=O) groups is 2. The summed E-state index contributed by atoms with van der Waals surface area (Å²) in [6.07, 6.45) is 1.47. The van der Waals surface area contributed by atoms with Crippen LogP contribution in [0, 0.1) is 0 Å². The summed E-state index contributed by atoms with van der Waals surface area (Å²) in [5.41, 5.74) is 5.03. The van der Waals surface area contributed by atoms with Gasteiger partial charge < -0.3 is 9.47 Å². The third-order valence-electron chi connectivity index (χ3n) is 4.89. The average Bonchev–Trinajstić information content (AvgIpc) is 2.89. The summed E-state index contributed by atoms with van der Waals surface area (Å²) in [7, 11) is 0. The Kier molecular flexibility index (Phi) is 7.88. The van der Waals surface area contributed by atoms with Crippen LogP contribution in [0.2, 0.25) is 5.02 Å². The molecule has 0 radical (unpaired) electrons. The van der Waals surface area contributed by atoms with Crippen LogP contribution < -0.4 is 14.9 Å². The van der Waals surface area contributed by atoms with Crippen molar-refractivity contribution in [2.75, 3.05) is 0 Å². The van der Waals surface area contributed by atoms with Crippen molar-refractivity contribution < 1.29 is 19.1 Å². The summed E-state index contributed by atoms with van der Waals surface area (Å²) >= 11 is 5.85. The lowest BCUT2D eigenvalue weighted by molar-refractivity contribution is 0.0734. The fraction of sp³-hybridized carbons (Fsp3) is 0.0357. The molecule has 0 fully saturated rings. The van der Waals surface area contributed by atoms with E-state index >= 15 is 0 Å². The summed E-state index contributed by atoms with van der Waals surface area (Å²) in [4.78, 5) is 24.6. The van der Waals surface area contributed by atoms with Crippen LogP contribution in [-0.2, 0) is 6.61 Å². The molecule has 4 aromatic carbocycles. The van der Waals surface area contributed by atoms with Gasteiger partial charge in [0.25, 0.3) is 5.91 Å². The normalized spacial score (nSPS) is 10.7. The van der Waals surface area contributed by atoms with Crippen LogP contribution in [0.25, 0.3) is 0 Å². The number of ether oxygens (including phenoxy) is 2. The Balaban J connectivity index is 1.29. The van der Waals surface area contributed by atoms with E-state index in [-0.39, 0.29) is 5.91 Å². The number of nitrogens with zero attached hydrogens (tertiary/aromatic N) is 1. The molecule has 174 valence electrons. The van der Waals surface area contributed by atoms with Crippen molar-refractivity contribution in [1.29, 1.82) is 0 Å². The molecule has 4 rings (SSSR count). The average molecular weight is 485 g/mol. The lowest BCUT2D eigenvalue weighted by atomic mass is 10.2. The monoisotopic (exact) mass is 484 g/mol. The molecule has 0 heterocycles. The smallest absolute Gasteiger partial charge is 0.343 e. The van der Waals surface area contributed by atoms with Crippen LogP contribution >= 0.6 is 11.6 Å². The van der Waals surface area contributed by atoms with Gasteiger partial charge >= 0.3 is 5.97 Å². The van der Waals surface area contributed by atoms with E-state index in [0.717, 1.165) is 5.56 Å². The third kappa shape index (κ3) is 7.03. The van der Waals surface area contributed by atoms with Gasteiger partial charge in [0, 0.05) is 10.6 Å². The summed E-state index contributed by atoms with van der Waals surface area (Å²) in [5, 5.41) is 4.53. The molecule has 0 saturated heterocycles. The number of hydrogen-bond acceptors (Lipinski definition) is 5. The van der Waals surface area contributed by atoms with E-state index in [2.05, 4.69) is 10.5 Å². The minimum Gasteiger partial charge on any atom is -0.489 e. The van der Waals surface area contributed by atoms with Crippen molar-refractivity contribution >= 4 is 29.7 Å². The number of carbonyl (C=O) groups excluding carboxylic acids is 2. The lowest BCUT2D eigenvalue weighted by Crippen LogP contribution is -2.17. The largest absolute Gasteiger partial charge is 0.489 e. The maximum Gasteiger partial charge on any atom is 0.343 e. The molecule has 0 saturated carbocycles. The van der Waals surface area contributed by atoms with Gasteiger partial charge in [-0.3, -0.25) is 4.79 Å². The van der Waals surface area contributed by atoms with E-state index in [1.165, 1.54) is 6.21 Å². The number of hydrazone groups is 1. The third-order valence-corrected chi connectivity index (χ3v) is 5.15. The lowest BCUT2D eigenvalue weighted by Gasteiger charge is -2.07. The molecule has 6 nitrogen and oxygen atoms in total. The molecule has 0 unspecified atom stereocenters. The SMILES string of the molecule is O=C(NN=Cc1cccc(OC(=O)c2ccc(Cl)cc2)c1)c1ccc(OCc2ccccc2)cc1. The molecule has 0 aliphatic heterocycles. The molecular weight excluding hydrogens is 464 g/mol. The Morgan fingerprint density at radius 3 is 2.26 bits per heavy atom. The van der Waals surface area contributed by atoms with Crippen LogP contribution in [0.1, 0.15) is 31.8 Å². The fourth-order valence-corrected chi connectivity index (χ4v) is 3.21. The Hall–Kier alpha value is -4.42. The van der Waals surface area contributed by atoms with Gasteiger partial charge in [0.15, 0.2) is 0 Å². The molecule has 0 spiro atoms. The highest BCUT2D eigenvalue weighted by Crippen LogP contribution is 2.17. The maximum absolute atomic E-state index is 12.4. The van der Waals surface area contributed by atoms with Crippen molar-refractivity contribution in [1.82, 2.24) is 5.43 Å². The van der Waals surface area contributed by atoms with E-state index in [1.54, 1.807) is 72.8 Å². The molecule has 0 aromatic heterocycles. The molecule has 1 amide bonds. The van der Waals surface area contributed by atoms with Crippen LogP contribution in [0.5, 0.6) is 11.5 Å². The molecular formula is C28H21ClN2O4. The zero-order valence-electron chi connectivity index (χ0n) is 18.6. The Bertz CT molecular complexity index is 1320. The Morgan fingerprint density at radius 1 is 0.800 bits per heavy atom. The molecule has 0 atom stereocenters. The van der Waals surface area contributed by atoms with Crippen molar-refractivity contribution in [2.45, 2.75) is 6.61 Å². The van der Waals surface area contributed by atoms with E-state index in [9.17, 15) is 9.59 Å². The number of amides is 1. The van der Waals surface area contributed by atoms with Gasteiger partial charge in [0.05, 0.1) is 11.8 Å². The highest BCUT2D eigenvalue weighted by molar-refractivity contribution is 6.30. The molecule has 0 aliphatic carbocycles. The second kappa shape index (κ2) is 11.6. The van der Waals surface area contributed by atoms with E-state index in [1.807, 2.05) is 30.3 Å². The van der Waals surface area contributed by atoms with Gasteiger partial charge in [-0.25, -0.2) is 10.2 Å². The van der Waals surface area contributed by atoms with Crippen LogP contribution in [0.3, 0.4) is 0 Å². The van der Waals surface area contributed by atoms with E-state index < -0.39 is 5.97 Å². The second-order valence-corrected chi connectivity index (χ2v) is 7.90. The van der Waals surface area contributed by atoms with Crippen molar-refractivity contribution in [2.24, 2.45) is 5.10 Å². The summed E-state index contributed by atoms with van der Waals surface area (Å²) in [6, 6.07) is 29.9. The van der Waals surface area contributed by atoms with Gasteiger partial charge in [-0.1, -0.05) is 54.1 Å². The highest BCUT2D eigenvalue weighted by Gasteiger charge is 2.09. The van der Waals surface area contributed by atoms with Crippen molar-refractivity contribution in [3.05, 3.63) is 130 Å². The minimum atomic E-state index is -0.500. The number of benzene rings is 4. The number of esters is 1. The Morgan fingerprint density at radius 2 is 1.51 bits per heavy atom. The topological polar surface area (TPSA) is 77.0 Å². The first-order chi connectivity index (χ1) is 17.1. The van der Waals surface area contributed by atoms with Gasteiger partial charge in [0.1, 0.15) is 18.1 Å². The zero-order chi connectivity index (χ0) is 24.5. The number of halogens is 1. The van der Waals surface area contributed by atoms with Crippen LogP contribution in [-0.4, -0.2) is 18.1 Å². The minimum absolute atomic E-state index is 0.353. The highest BCUT2D eigenvalue weighted by atomic mass is 35.5. The standard InChI is InChI=1S/C28H21ClN2O4/c29-24-13-9-23(10-14-24)28(33)35-26-8-4-7-21(17-26)18-30-31-27(32)22-11-15-25(16-12-22)34-19-20-5-2-1-3-6-20/h1-18H,19H2,(H,31,32). The number of hydrogen-bond donors (Lipinski definition) is 1. The Labute approximate surface area is 207 Å². The first kappa shape index (κ1) is 23.7. The summed E-state index contributed by atoms with van der Waals surface area (Å²) in [6.45, 7) is 0.449. The van der Waals surface area contributed by atoms with Gasteiger partial charge in [-0.15, -0.1) is 0 Å². The predicted molar refractivity (Wildman–Crippen MR) is 135 cm³/mol. The van der Waals surface area contributed by atoms with Crippen LogP contribution in [0.4, 0.5) is 0 Å². The van der Waals surface area contributed by atoms with Gasteiger partial charge in [-0.05, 0) is 71.8 Å². The number of nitrogens with one attached hydrogen (secondary N) is 1. The quantitative estimate of drug-likeness (QED) is 0.146. The fourth-order valence-electron chi connectivity index (χ4n) is 3.08. The first-order valence-corrected chi connectivity index (χ1v) is 11.1. The zero-order valence-corrected chi connectivity index (χ0v) is 19.3. The molecule has 1 N–H and O–H groups in total. The van der Waals surface area contributed by atoms with Crippen molar-refractivity contribution in [3.8, 4) is 11.5 Å². The van der Waals surface area contributed by atoms with Crippen LogP contribution in [0.15, 0.2) is 108 Å². The molecule has 4 aromatic rings. The summed E-state index contributed by atoms with van der Waals surface area (Å²) < 4.78 is 11.1. The molecule has 7 heteroatoms. The first-order valence-electron chi connectivity index (χ1n) is 10.7. The number of rotatable bonds is 8. The van der Waals surface area contributed by atoms with Gasteiger partial charge in [-0.2, -0.15) is 5.10 Å². The van der Waals surface area contributed by atoms with E-state index in [4.69, 9.17) is 21.1 Å². The van der Waals surface area contributed by atoms with Crippen molar-refractivity contribution in [3.63, 3.8) is 0 Å².